The zero-order valence-electron chi connectivity index (χ0n) is 14.4. The summed E-state index contributed by atoms with van der Waals surface area (Å²) in [5, 5.41) is 7.25. The minimum absolute atomic E-state index is 0.452. The molecule has 2 aromatic carbocycles. The van der Waals surface area contributed by atoms with Crippen LogP contribution in [0.2, 0.25) is 0 Å². The maximum absolute atomic E-state index is 6.29. The SMILES string of the molecule is Cc1ccc(C)c(Nc2ncnc(Nc3nc4ccccc4s3)c2N)c1. The van der Waals surface area contributed by atoms with E-state index >= 15 is 0 Å². The Morgan fingerprint density at radius 3 is 2.54 bits per heavy atom. The number of hydrogen-bond acceptors (Lipinski definition) is 7. The Morgan fingerprint density at radius 2 is 1.73 bits per heavy atom. The lowest BCUT2D eigenvalue weighted by molar-refractivity contribution is 1.17. The van der Waals surface area contributed by atoms with Gasteiger partial charge in [-0.1, -0.05) is 35.6 Å². The van der Waals surface area contributed by atoms with Crippen molar-refractivity contribution in [3.8, 4) is 0 Å². The van der Waals surface area contributed by atoms with E-state index < -0.39 is 0 Å². The standard InChI is InChI=1S/C19H18N6S/c1-11-7-8-12(2)14(9-11)23-17-16(20)18(22-10-21-17)25-19-24-13-5-3-4-6-15(13)26-19/h3-10H,20H2,1-2H3,(H2,21,22,23,24,25). The van der Waals surface area contributed by atoms with Crippen LogP contribution in [-0.2, 0) is 0 Å². The van der Waals surface area contributed by atoms with Crippen LogP contribution in [0.3, 0.4) is 0 Å². The van der Waals surface area contributed by atoms with Crippen molar-refractivity contribution in [3.63, 3.8) is 0 Å². The van der Waals surface area contributed by atoms with E-state index in [4.69, 9.17) is 5.73 Å². The molecule has 26 heavy (non-hydrogen) atoms. The highest BCUT2D eigenvalue weighted by atomic mass is 32.1. The molecule has 6 nitrogen and oxygen atoms in total. The summed E-state index contributed by atoms with van der Waals surface area (Å²) in [5.41, 5.74) is 10.9. The van der Waals surface area contributed by atoms with Crippen molar-refractivity contribution >= 4 is 49.7 Å². The second-order valence-corrected chi connectivity index (χ2v) is 7.07. The molecule has 0 saturated heterocycles. The van der Waals surface area contributed by atoms with Crippen LogP contribution in [0.15, 0.2) is 48.8 Å². The van der Waals surface area contributed by atoms with Gasteiger partial charge in [0.2, 0.25) is 0 Å². The van der Waals surface area contributed by atoms with Gasteiger partial charge < -0.3 is 16.4 Å². The highest BCUT2D eigenvalue weighted by Gasteiger charge is 2.12. The number of nitrogens with zero attached hydrogens (tertiary/aromatic N) is 3. The molecule has 2 aromatic heterocycles. The van der Waals surface area contributed by atoms with Gasteiger partial charge in [-0.25, -0.2) is 15.0 Å². The second kappa shape index (κ2) is 6.61. The molecule has 0 fully saturated rings. The summed E-state index contributed by atoms with van der Waals surface area (Å²) in [6.45, 7) is 4.09. The highest BCUT2D eigenvalue weighted by Crippen LogP contribution is 2.32. The summed E-state index contributed by atoms with van der Waals surface area (Å²) in [6, 6.07) is 14.2. The molecule has 4 aromatic rings. The molecule has 7 heteroatoms. The summed E-state index contributed by atoms with van der Waals surface area (Å²) in [4.78, 5) is 13.1. The minimum Gasteiger partial charge on any atom is -0.393 e. The smallest absolute Gasteiger partial charge is 0.189 e. The first kappa shape index (κ1) is 16.3. The van der Waals surface area contributed by atoms with Crippen LogP contribution < -0.4 is 16.4 Å². The van der Waals surface area contributed by atoms with Gasteiger partial charge in [0.25, 0.3) is 0 Å². The van der Waals surface area contributed by atoms with E-state index in [1.807, 2.05) is 38.1 Å². The number of nitrogen functional groups attached to an aromatic ring is 1. The van der Waals surface area contributed by atoms with Crippen LogP contribution in [0.25, 0.3) is 10.2 Å². The Labute approximate surface area is 155 Å². The number of benzene rings is 2. The summed E-state index contributed by atoms with van der Waals surface area (Å²) in [6.07, 6.45) is 1.49. The van der Waals surface area contributed by atoms with Crippen LogP contribution in [0.5, 0.6) is 0 Å². The fraction of sp³-hybridized carbons (Fsp3) is 0.105. The number of rotatable bonds is 4. The largest absolute Gasteiger partial charge is 0.393 e. The van der Waals surface area contributed by atoms with Gasteiger partial charge in [0.15, 0.2) is 16.8 Å². The molecule has 4 rings (SSSR count). The van der Waals surface area contributed by atoms with E-state index in [9.17, 15) is 0 Å². The predicted molar refractivity (Wildman–Crippen MR) is 109 cm³/mol. The topological polar surface area (TPSA) is 88.8 Å². The van der Waals surface area contributed by atoms with Crippen LogP contribution in [0.4, 0.5) is 28.1 Å². The summed E-state index contributed by atoms with van der Waals surface area (Å²) < 4.78 is 1.11. The second-order valence-electron chi connectivity index (χ2n) is 6.04. The number of fused-ring (bicyclic) bond motifs is 1. The highest BCUT2D eigenvalue weighted by molar-refractivity contribution is 7.22. The fourth-order valence-electron chi connectivity index (χ4n) is 2.62. The van der Waals surface area contributed by atoms with Crippen LogP contribution in [0, 0.1) is 13.8 Å². The fourth-order valence-corrected chi connectivity index (χ4v) is 3.48. The van der Waals surface area contributed by atoms with Crippen molar-refractivity contribution < 1.29 is 0 Å². The quantitative estimate of drug-likeness (QED) is 0.484. The number of thiazole rings is 1. The predicted octanol–water partition coefficient (Wildman–Crippen LogP) is 4.77. The average molecular weight is 362 g/mol. The third-order valence-electron chi connectivity index (χ3n) is 4.05. The molecule has 4 N–H and O–H groups in total. The summed E-state index contributed by atoms with van der Waals surface area (Å²) in [7, 11) is 0. The molecular weight excluding hydrogens is 344 g/mol. The lowest BCUT2D eigenvalue weighted by Gasteiger charge is -2.13. The van der Waals surface area contributed by atoms with Crippen molar-refractivity contribution in [1.82, 2.24) is 15.0 Å². The van der Waals surface area contributed by atoms with Gasteiger partial charge in [-0.3, -0.25) is 0 Å². The van der Waals surface area contributed by atoms with Gasteiger partial charge >= 0.3 is 0 Å². The van der Waals surface area contributed by atoms with Crippen molar-refractivity contribution in [2.75, 3.05) is 16.4 Å². The molecule has 0 aliphatic heterocycles. The molecular formula is C19H18N6S. The molecule has 0 amide bonds. The van der Waals surface area contributed by atoms with Gasteiger partial charge in [0, 0.05) is 5.69 Å². The van der Waals surface area contributed by atoms with E-state index in [0.717, 1.165) is 26.6 Å². The third kappa shape index (κ3) is 3.16. The minimum atomic E-state index is 0.452. The summed E-state index contributed by atoms with van der Waals surface area (Å²) >= 11 is 1.56. The van der Waals surface area contributed by atoms with E-state index in [1.165, 1.54) is 11.9 Å². The van der Waals surface area contributed by atoms with Crippen molar-refractivity contribution in [2.24, 2.45) is 0 Å². The number of hydrogen-bond donors (Lipinski definition) is 3. The maximum atomic E-state index is 6.29. The van der Waals surface area contributed by atoms with E-state index in [2.05, 4.69) is 43.8 Å². The molecule has 0 saturated carbocycles. The molecule has 0 aliphatic carbocycles. The van der Waals surface area contributed by atoms with Crippen LogP contribution in [0.1, 0.15) is 11.1 Å². The molecule has 0 bridgehead atoms. The Kier molecular flexibility index (Phi) is 4.14. The van der Waals surface area contributed by atoms with Gasteiger partial charge in [0.05, 0.1) is 10.2 Å². The third-order valence-corrected chi connectivity index (χ3v) is 5.00. The van der Waals surface area contributed by atoms with Crippen molar-refractivity contribution in [2.45, 2.75) is 13.8 Å². The first-order valence-corrected chi connectivity index (χ1v) is 8.99. The monoisotopic (exact) mass is 362 g/mol. The average Bonchev–Trinajstić information content (AvgIpc) is 3.04. The maximum Gasteiger partial charge on any atom is 0.189 e. The number of nitrogens with two attached hydrogens (primary N) is 1. The number of nitrogens with one attached hydrogen (secondary N) is 2. The molecule has 0 radical (unpaired) electrons. The van der Waals surface area contributed by atoms with Crippen LogP contribution >= 0.6 is 11.3 Å². The molecule has 0 aliphatic rings. The lowest BCUT2D eigenvalue weighted by Crippen LogP contribution is -2.05. The number of para-hydroxylation sites is 1. The molecule has 130 valence electrons. The molecule has 2 heterocycles. The van der Waals surface area contributed by atoms with Crippen molar-refractivity contribution in [1.29, 1.82) is 0 Å². The molecule has 0 unspecified atom stereocenters. The lowest BCUT2D eigenvalue weighted by atomic mass is 10.1. The first-order valence-electron chi connectivity index (χ1n) is 8.17. The van der Waals surface area contributed by atoms with Crippen LogP contribution in [-0.4, -0.2) is 15.0 Å². The summed E-state index contributed by atoms with van der Waals surface area (Å²) in [5.74, 6) is 1.10. The molecule has 0 spiro atoms. The Hall–Kier alpha value is -3.19. The Balaban J connectivity index is 1.64. The van der Waals surface area contributed by atoms with Gasteiger partial charge in [-0.15, -0.1) is 0 Å². The molecule has 0 atom stereocenters. The van der Waals surface area contributed by atoms with Gasteiger partial charge in [-0.05, 0) is 43.2 Å². The zero-order chi connectivity index (χ0) is 18.1. The first-order chi connectivity index (χ1) is 12.6. The Bertz CT molecular complexity index is 1060. The zero-order valence-corrected chi connectivity index (χ0v) is 15.3. The van der Waals surface area contributed by atoms with Gasteiger partial charge in [0.1, 0.15) is 12.0 Å². The van der Waals surface area contributed by atoms with Gasteiger partial charge in [-0.2, -0.15) is 0 Å². The number of aromatic nitrogens is 3. The van der Waals surface area contributed by atoms with E-state index in [-0.39, 0.29) is 0 Å². The Morgan fingerprint density at radius 1 is 0.962 bits per heavy atom. The number of aryl methyl sites for hydroxylation is 2. The van der Waals surface area contributed by atoms with E-state index in [1.54, 1.807) is 11.3 Å². The van der Waals surface area contributed by atoms with E-state index in [0.29, 0.717) is 17.3 Å². The van der Waals surface area contributed by atoms with Crippen molar-refractivity contribution in [3.05, 3.63) is 59.9 Å². The normalized spacial score (nSPS) is 10.8. The number of anilines is 5.